The minimum absolute atomic E-state index is 0.0357. The number of para-hydroxylation sites is 1. The van der Waals surface area contributed by atoms with Crippen molar-refractivity contribution in [3.05, 3.63) is 131 Å². The molecule has 0 radical (unpaired) electrons. The van der Waals surface area contributed by atoms with Crippen molar-refractivity contribution in [1.29, 1.82) is 0 Å². The lowest BCUT2D eigenvalue weighted by molar-refractivity contribution is -0.119. The van der Waals surface area contributed by atoms with Crippen molar-refractivity contribution in [2.24, 2.45) is 5.92 Å². The molecule has 0 aromatic heterocycles. The minimum Gasteiger partial charge on any atom is -0.489 e. The molecule has 0 aliphatic heterocycles. The van der Waals surface area contributed by atoms with Crippen LogP contribution >= 0.6 is 0 Å². The Morgan fingerprint density at radius 1 is 0.851 bits per heavy atom. The van der Waals surface area contributed by atoms with Gasteiger partial charge in [-0.3, -0.25) is 9.59 Å². The third kappa shape index (κ3) is 9.73. The maximum atomic E-state index is 13.8. The highest BCUT2D eigenvalue weighted by molar-refractivity contribution is 7.90. The van der Waals surface area contributed by atoms with Gasteiger partial charge < -0.3 is 14.8 Å². The van der Waals surface area contributed by atoms with Crippen LogP contribution < -0.4 is 14.8 Å². The summed E-state index contributed by atoms with van der Waals surface area (Å²) in [6, 6.07) is 25.3. The van der Waals surface area contributed by atoms with Gasteiger partial charge >= 0.3 is 5.97 Å². The van der Waals surface area contributed by atoms with Crippen molar-refractivity contribution in [1.82, 2.24) is 10.0 Å². The summed E-state index contributed by atoms with van der Waals surface area (Å²) in [5.41, 5.74) is 2.05. The number of benzene rings is 4. The number of hydrogen-bond acceptors (Lipinski definition) is 7. The second-order valence-electron chi connectivity index (χ2n) is 11.3. The van der Waals surface area contributed by atoms with Crippen LogP contribution in [0.4, 0.5) is 4.39 Å². The minimum atomic E-state index is -4.40. The van der Waals surface area contributed by atoms with E-state index in [0.29, 0.717) is 28.9 Å². The molecule has 4 aromatic carbocycles. The zero-order valence-corrected chi connectivity index (χ0v) is 27.2. The fourth-order valence-corrected chi connectivity index (χ4v) is 6.20. The molecule has 0 spiro atoms. The summed E-state index contributed by atoms with van der Waals surface area (Å²) in [5, 5.41) is 3.07. The molecule has 0 heterocycles. The van der Waals surface area contributed by atoms with Gasteiger partial charge in [0, 0.05) is 12.0 Å². The maximum Gasteiger partial charge on any atom is 0.339 e. The molecular weight excluding hydrogens is 623 g/mol. The highest BCUT2D eigenvalue weighted by Gasteiger charge is 2.25. The number of sulfonamides is 1. The summed E-state index contributed by atoms with van der Waals surface area (Å²) >= 11 is 0. The van der Waals surface area contributed by atoms with Crippen LogP contribution in [-0.4, -0.2) is 33.3 Å². The number of nitrogens with one attached hydrogen (secondary N) is 2. The van der Waals surface area contributed by atoms with Crippen LogP contribution in [0, 0.1) is 11.7 Å². The molecule has 1 atom stereocenters. The molecule has 0 fully saturated rings. The largest absolute Gasteiger partial charge is 0.489 e. The van der Waals surface area contributed by atoms with Gasteiger partial charge in [-0.05, 0) is 77.9 Å². The van der Waals surface area contributed by atoms with Gasteiger partial charge in [0.05, 0.1) is 18.7 Å². The zero-order chi connectivity index (χ0) is 34.0. The second kappa shape index (κ2) is 16.0. The number of rotatable bonds is 14. The highest BCUT2D eigenvalue weighted by atomic mass is 32.2. The predicted molar refractivity (Wildman–Crippen MR) is 175 cm³/mol. The molecule has 4 rings (SSSR count). The lowest BCUT2D eigenvalue weighted by atomic mass is 9.95. The van der Waals surface area contributed by atoms with Gasteiger partial charge in [0.15, 0.2) is 0 Å². The zero-order valence-electron chi connectivity index (χ0n) is 26.4. The predicted octanol–water partition coefficient (Wildman–Crippen LogP) is 6.15. The van der Waals surface area contributed by atoms with Crippen LogP contribution in [-0.2, 0) is 32.6 Å². The molecule has 0 aliphatic carbocycles. The summed E-state index contributed by atoms with van der Waals surface area (Å²) < 4.78 is 52.3. The van der Waals surface area contributed by atoms with E-state index < -0.39 is 33.8 Å². The first-order chi connectivity index (χ1) is 22.5. The summed E-state index contributed by atoms with van der Waals surface area (Å²) in [6.07, 6.45) is 0.359. The molecule has 246 valence electrons. The topological polar surface area (TPSA) is 128 Å². The Labute approximate surface area is 274 Å². The molecule has 0 bridgehead atoms. The number of esters is 1. The highest BCUT2D eigenvalue weighted by Crippen LogP contribution is 2.24. The molecule has 0 saturated heterocycles. The first kappa shape index (κ1) is 34.8. The molecule has 2 amide bonds. The summed E-state index contributed by atoms with van der Waals surface area (Å²) in [6.45, 7) is 4.22. The van der Waals surface area contributed by atoms with E-state index >= 15 is 0 Å². The van der Waals surface area contributed by atoms with Gasteiger partial charge in [0.2, 0.25) is 5.91 Å². The molecule has 2 N–H and O–H groups in total. The van der Waals surface area contributed by atoms with Gasteiger partial charge in [0.25, 0.3) is 15.9 Å². The standard InChI is InChI=1S/C36H37FN2O7S/c1-24(2)21-32(27-15-18-28(37)19-16-27)38-35(41)31-22-25(23-46-29-9-5-4-6-10-29)13-14-26(31)17-20-34(40)39-47(43,44)33-12-8-7-11-30(33)36(42)45-3/h4-16,18-19,22,24,32H,17,20-21,23H2,1-3H3,(H,38,41)(H,39,40). The number of aryl methyl sites for hydroxylation is 1. The number of carbonyl (C=O) groups is 3. The Hall–Kier alpha value is -5.03. The Morgan fingerprint density at radius 3 is 2.21 bits per heavy atom. The Morgan fingerprint density at radius 2 is 1.53 bits per heavy atom. The molecule has 0 aliphatic rings. The van der Waals surface area contributed by atoms with Crippen LogP contribution in [0.2, 0.25) is 0 Å². The Balaban J connectivity index is 1.57. The second-order valence-corrected chi connectivity index (χ2v) is 13.0. The molecular formula is C36H37FN2O7S. The molecule has 47 heavy (non-hydrogen) atoms. The van der Waals surface area contributed by atoms with Crippen molar-refractivity contribution >= 4 is 27.8 Å². The normalized spacial score (nSPS) is 11.9. The van der Waals surface area contributed by atoms with Crippen LogP contribution in [0.3, 0.4) is 0 Å². The summed E-state index contributed by atoms with van der Waals surface area (Å²) in [4.78, 5) is 38.5. The fourth-order valence-electron chi connectivity index (χ4n) is 4.99. The number of ether oxygens (including phenoxy) is 2. The van der Waals surface area contributed by atoms with Crippen LogP contribution in [0.1, 0.15) is 70.1 Å². The van der Waals surface area contributed by atoms with E-state index in [9.17, 15) is 27.2 Å². The van der Waals surface area contributed by atoms with Crippen molar-refractivity contribution in [3.8, 4) is 5.75 Å². The number of amides is 2. The number of hydrogen-bond donors (Lipinski definition) is 2. The number of carbonyl (C=O) groups excluding carboxylic acids is 3. The smallest absolute Gasteiger partial charge is 0.339 e. The fraction of sp³-hybridized carbons (Fsp3) is 0.250. The van der Waals surface area contributed by atoms with Crippen molar-refractivity contribution in [3.63, 3.8) is 0 Å². The molecule has 11 heteroatoms. The molecule has 4 aromatic rings. The van der Waals surface area contributed by atoms with Crippen LogP contribution in [0.5, 0.6) is 5.75 Å². The first-order valence-corrected chi connectivity index (χ1v) is 16.5. The van der Waals surface area contributed by atoms with E-state index in [1.54, 1.807) is 30.3 Å². The van der Waals surface area contributed by atoms with Gasteiger partial charge in [-0.2, -0.15) is 0 Å². The molecule has 1 unspecified atom stereocenters. The quantitative estimate of drug-likeness (QED) is 0.155. The van der Waals surface area contributed by atoms with Gasteiger partial charge in [-0.15, -0.1) is 0 Å². The maximum absolute atomic E-state index is 13.8. The lowest BCUT2D eigenvalue weighted by Gasteiger charge is -2.22. The van der Waals surface area contributed by atoms with E-state index in [4.69, 9.17) is 4.74 Å². The van der Waals surface area contributed by atoms with E-state index in [1.807, 2.05) is 48.9 Å². The SMILES string of the molecule is COC(=O)c1ccccc1S(=O)(=O)NC(=O)CCc1ccc(COc2ccccc2)cc1C(=O)NC(CC(C)C)c1ccc(F)cc1. The Kier molecular flexibility index (Phi) is 11.9. The van der Waals surface area contributed by atoms with Crippen LogP contribution in [0.15, 0.2) is 102 Å². The van der Waals surface area contributed by atoms with Gasteiger partial charge in [-0.1, -0.05) is 68.4 Å². The van der Waals surface area contributed by atoms with Crippen molar-refractivity contribution < 1.29 is 36.7 Å². The molecule has 9 nitrogen and oxygen atoms in total. The van der Waals surface area contributed by atoms with E-state index in [-0.39, 0.29) is 41.6 Å². The first-order valence-electron chi connectivity index (χ1n) is 15.1. The third-order valence-corrected chi connectivity index (χ3v) is 8.74. The average molecular weight is 661 g/mol. The van der Waals surface area contributed by atoms with Crippen molar-refractivity contribution in [2.45, 2.75) is 50.7 Å². The number of halogens is 1. The summed E-state index contributed by atoms with van der Waals surface area (Å²) in [7, 11) is -3.27. The van der Waals surface area contributed by atoms with E-state index in [0.717, 1.165) is 12.7 Å². The third-order valence-electron chi connectivity index (χ3n) is 7.30. The summed E-state index contributed by atoms with van der Waals surface area (Å²) in [5.74, 6) is -1.60. The van der Waals surface area contributed by atoms with Gasteiger partial charge in [0.1, 0.15) is 23.1 Å². The lowest BCUT2D eigenvalue weighted by Crippen LogP contribution is -2.32. The number of methoxy groups -OCH3 is 1. The monoisotopic (exact) mass is 660 g/mol. The average Bonchev–Trinajstić information content (AvgIpc) is 3.06. The van der Waals surface area contributed by atoms with E-state index in [1.165, 1.54) is 36.4 Å². The van der Waals surface area contributed by atoms with E-state index in [2.05, 4.69) is 10.1 Å². The van der Waals surface area contributed by atoms with Crippen LogP contribution in [0.25, 0.3) is 0 Å². The molecule has 0 saturated carbocycles. The van der Waals surface area contributed by atoms with Gasteiger partial charge in [-0.25, -0.2) is 22.3 Å². The van der Waals surface area contributed by atoms with Crippen molar-refractivity contribution in [2.75, 3.05) is 7.11 Å². The Bertz CT molecular complexity index is 1810.